The zero-order valence-corrected chi connectivity index (χ0v) is 16.5. The summed E-state index contributed by atoms with van der Waals surface area (Å²) in [4.78, 5) is 22.0. The number of fused-ring (bicyclic) bond motifs is 3. The number of anilines is 1. The van der Waals surface area contributed by atoms with Gasteiger partial charge in [0.15, 0.2) is 5.65 Å². The van der Waals surface area contributed by atoms with Crippen LogP contribution in [0.15, 0.2) is 40.6 Å². The molecule has 5 rings (SSSR count). The Balaban J connectivity index is 1.58. The molecule has 10 heteroatoms. The van der Waals surface area contributed by atoms with Crippen LogP contribution in [0.3, 0.4) is 0 Å². The maximum Gasteiger partial charge on any atom is 0.291 e. The van der Waals surface area contributed by atoms with Gasteiger partial charge < -0.3 is 10.3 Å². The van der Waals surface area contributed by atoms with Gasteiger partial charge in [0, 0.05) is 29.9 Å². The van der Waals surface area contributed by atoms with Crippen molar-refractivity contribution in [2.45, 2.75) is 13.0 Å². The standard InChI is InChI=1S/C18H15N7OS2/c1-24-15-12(8-20-25(18(15)26)9-11-5-6-27-23-11)16-17(24)22-14(28-16)7-10-3-2-4-13(19)21-10/h2-6,8H,7,9H2,1H3,(H2,19,21). The summed E-state index contributed by atoms with van der Waals surface area (Å²) in [5, 5.41) is 7.99. The van der Waals surface area contributed by atoms with Crippen LogP contribution in [0.25, 0.3) is 21.3 Å². The lowest BCUT2D eigenvalue weighted by atomic mass is 10.3. The molecular formula is C18H15N7OS2. The highest BCUT2D eigenvalue weighted by atomic mass is 32.1. The van der Waals surface area contributed by atoms with Crippen LogP contribution in [-0.2, 0) is 20.0 Å². The summed E-state index contributed by atoms with van der Waals surface area (Å²) in [6, 6.07) is 7.47. The van der Waals surface area contributed by atoms with Gasteiger partial charge in [0.25, 0.3) is 5.56 Å². The predicted molar refractivity (Wildman–Crippen MR) is 111 cm³/mol. The lowest BCUT2D eigenvalue weighted by molar-refractivity contribution is 0.637. The molecule has 5 heterocycles. The number of pyridine rings is 1. The molecule has 0 atom stereocenters. The number of nitrogens with zero attached hydrogens (tertiary/aromatic N) is 6. The average Bonchev–Trinajstić information content (AvgIpc) is 3.37. The first-order chi connectivity index (χ1) is 13.6. The molecule has 0 radical (unpaired) electrons. The minimum absolute atomic E-state index is 0.141. The van der Waals surface area contributed by atoms with Gasteiger partial charge in [0.1, 0.15) is 16.3 Å². The zero-order chi connectivity index (χ0) is 19.3. The Bertz CT molecular complexity index is 1360. The molecule has 0 unspecified atom stereocenters. The molecule has 8 nitrogen and oxygen atoms in total. The molecule has 0 aliphatic heterocycles. The van der Waals surface area contributed by atoms with Crippen LogP contribution >= 0.6 is 22.9 Å². The fourth-order valence-corrected chi connectivity index (χ4v) is 4.90. The summed E-state index contributed by atoms with van der Waals surface area (Å²) in [5.74, 6) is 0.494. The fraction of sp³-hybridized carbons (Fsp3) is 0.167. The van der Waals surface area contributed by atoms with Crippen molar-refractivity contribution in [3.63, 3.8) is 0 Å². The lowest BCUT2D eigenvalue weighted by Crippen LogP contribution is -2.24. The number of thiazole rings is 1. The highest BCUT2D eigenvalue weighted by Crippen LogP contribution is 2.31. The minimum Gasteiger partial charge on any atom is -0.384 e. The molecule has 0 spiro atoms. The summed E-state index contributed by atoms with van der Waals surface area (Å²) in [6.07, 6.45) is 2.34. The number of rotatable bonds is 4. The quantitative estimate of drug-likeness (QED) is 0.489. The summed E-state index contributed by atoms with van der Waals surface area (Å²) in [5.41, 5.74) is 8.70. The topological polar surface area (TPSA) is 105 Å². The number of aryl methyl sites for hydroxylation is 1. The van der Waals surface area contributed by atoms with Crippen molar-refractivity contribution in [3.05, 3.63) is 62.6 Å². The highest BCUT2D eigenvalue weighted by Gasteiger charge is 2.18. The molecule has 28 heavy (non-hydrogen) atoms. The molecule has 0 aromatic carbocycles. The Morgan fingerprint density at radius 2 is 2.07 bits per heavy atom. The van der Waals surface area contributed by atoms with Crippen molar-refractivity contribution in [3.8, 4) is 0 Å². The number of hydrogen-bond donors (Lipinski definition) is 1. The van der Waals surface area contributed by atoms with Gasteiger partial charge in [-0.05, 0) is 29.7 Å². The lowest BCUT2D eigenvalue weighted by Gasteiger charge is -2.03. The molecule has 140 valence electrons. The molecule has 0 fully saturated rings. The molecule has 0 aliphatic rings. The molecule has 5 aromatic heterocycles. The third-order valence-corrected chi connectivity index (χ3v) is 6.21. The number of hydrogen-bond acceptors (Lipinski definition) is 8. The maximum absolute atomic E-state index is 13.0. The molecule has 0 bridgehead atoms. The van der Waals surface area contributed by atoms with Crippen molar-refractivity contribution in [2.75, 3.05) is 5.73 Å². The monoisotopic (exact) mass is 409 g/mol. The average molecular weight is 410 g/mol. The molecule has 0 amide bonds. The number of aromatic nitrogens is 6. The van der Waals surface area contributed by atoms with Crippen LogP contribution in [-0.4, -0.2) is 28.7 Å². The van der Waals surface area contributed by atoms with Gasteiger partial charge in [-0.25, -0.2) is 14.6 Å². The third-order valence-electron chi connectivity index (χ3n) is 4.53. The van der Waals surface area contributed by atoms with Gasteiger partial charge >= 0.3 is 0 Å². The van der Waals surface area contributed by atoms with Crippen LogP contribution in [0, 0.1) is 0 Å². The first-order valence-electron chi connectivity index (χ1n) is 8.55. The smallest absolute Gasteiger partial charge is 0.291 e. The van der Waals surface area contributed by atoms with Crippen molar-refractivity contribution >= 4 is 49.9 Å². The van der Waals surface area contributed by atoms with Gasteiger partial charge in [0.2, 0.25) is 0 Å². The Morgan fingerprint density at radius 1 is 1.18 bits per heavy atom. The largest absolute Gasteiger partial charge is 0.384 e. The van der Waals surface area contributed by atoms with Gasteiger partial charge in [-0.15, -0.1) is 11.3 Å². The molecule has 2 N–H and O–H groups in total. The van der Waals surface area contributed by atoms with Crippen molar-refractivity contribution in [1.82, 2.24) is 28.7 Å². The Labute approximate surface area is 167 Å². The first kappa shape index (κ1) is 17.0. The van der Waals surface area contributed by atoms with E-state index in [0.717, 1.165) is 32.1 Å². The predicted octanol–water partition coefficient (Wildman–Crippen LogP) is 2.42. The Hall–Kier alpha value is -3.11. The normalized spacial score (nSPS) is 11.6. The van der Waals surface area contributed by atoms with Gasteiger partial charge in [0.05, 0.1) is 23.1 Å². The van der Waals surface area contributed by atoms with E-state index in [9.17, 15) is 4.79 Å². The second kappa shape index (κ2) is 6.50. The van der Waals surface area contributed by atoms with E-state index in [1.54, 1.807) is 23.6 Å². The van der Waals surface area contributed by atoms with E-state index in [2.05, 4.69) is 14.5 Å². The van der Waals surface area contributed by atoms with Gasteiger partial charge in [-0.3, -0.25) is 4.79 Å². The maximum atomic E-state index is 13.0. The van der Waals surface area contributed by atoms with E-state index in [1.807, 2.05) is 35.2 Å². The van der Waals surface area contributed by atoms with Gasteiger partial charge in [-0.2, -0.15) is 9.47 Å². The van der Waals surface area contributed by atoms with E-state index in [0.29, 0.717) is 24.3 Å². The fourth-order valence-electron chi connectivity index (χ4n) is 3.24. The van der Waals surface area contributed by atoms with Gasteiger partial charge in [-0.1, -0.05) is 6.07 Å². The summed E-state index contributed by atoms with van der Waals surface area (Å²) >= 11 is 2.92. The van der Waals surface area contributed by atoms with Crippen LogP contribution in [0.4, 0.5) is 5.82 Å². The van der Waals surface area contributed by atoms with Crippen LogP contribution in [0.2, 0.25) is 0 Å². The van der Waals surface area contributed by atoms with Crippen LogP contribution < -0.4 is 11.3 Å². The van der Waals surface area contributed by atoms with Crippen molar-refractivity contribution < 1.29 is 0 Å². The molecule has 0 saturated carbocycles. The second-order valence-electron chi connectivity index (χ2n) is 6.41. The first-order valence-corrected chi connectivity index (χ1v) is 10.2. The Kier molecular flexibility index (Phi) is 3.95. The van der Waals surface area contributed by atoms with E-state index >= 15 is 0 Å². The summed E-state index contributed by atoms with van der Waals surface area (Å²) in [6.45, 7) is 0.358. The highest BCUT2D eigenvalue weighted by molar-refractivity contribution is 7.19. The minimum atomic E-state index is -0.141. The van der Waals surface area contributed by atoms with E-state index < -0.39 is 0 Å². The Morgan fingerprint density at radius 3 is 2.86 bits per heavy atom. The zero-order valence-electron chi connectivity index (χ0n) is 14.9. The summed E-state index contributed by atoms with van der Waals surface area (Å²) in [7, 11) is 1.86. The summed E-state index contributed by atoms with van der Waals surface area (Å²) < 4.78 is 8.50. The van der Waals surface area contributed by atoms with E-state index in [1.165, 1.54) is 16.2 Å². The second-order valence-corrected chi connectivity index (χ2v) is 8.16. The van der Waals surface area contributed by atoms with Crippen LogP contribution in [0.5, 0.6) is 0 Å². The van der Waals surface area contributed by atoms with Crippen molar-refractivity contribution in [2.24, 2.45) is 7.05 Å². The van der Waals surface area contributed by atoms with Crippen LogP contribution in [0.1, 0.15) is 16.4 Å². The van der Waals surface area contributed by atoms with E-state index in [4.69, 9.17) is 10.7 Å². The number of nitrogen functional groups attached to an aromatic ring is 1. The molecule has 0 aliphatic carbocycles. The SMILES string of the molecule is Cn1c2nc(Cc3cccc(N)n3)sc2c2cnn(Cc3ccsn3)c(=O)c21. The van der Waals surface area contributed by atoms with E-state index in [-0.39, 0.29) is 5.56 Å². The molecule has 0 saturated heterocycles. The van der Waals surface area contributed by atoms with Crippen molar-refractivity contribution in [1.29, 1.82) is 0 Å². The molecule has 5 aromatic rings. The number of nitrogens with two attached hydrogens (primary N) is 1. The molecular weight excluding hydrogens is 394 g/mol. The third kappa shape index (κ3) is 2.77.